The molecule has 2 rings (SSSR count). The van der Waals surface area contributed by atoms with E-state index in [0.29, 0.717) is 11.8 Å². The van der Waals surface area contributed by atoms with Crippen molar-refractivity contribution < 1.29 is 4.42 Å². The Morgan fingerprint density at radius 2 is 2.00 bits per heavy atom. The maximum atomic E-state index is 5.20. The Morgan fingerprint density at radius 3 is 2.56 bits per heavy atom. The molecule has 2 heterocycles. The van der Waals surface area contributed by atoms with E-state index in [1.54, 1.807) is 17.6 Å². The van der Waals surface area contributed by atoms with Crippen LogP contribution in [-0.2, 0) is 13.1 Å². The van der Waals surface area contributed by atoms with Crippen molar-refractivity contribution in [1.82, 2.24) is 14.9 Å². The highest BCUT2D eigenvalue weighted by Gasteiger charge is 2.09. The Kier molecular flexibility index (Phi) is 4.14. The van der Waals surface area contributed by atoms with Gasteiger partial charge in [-0.1, -0.05) is 13.8 Å². The van der Waals surface area contributed by atoms with Gasteiger partial charge in [0, 0.05) is 31.3 Å². The number of thiazole rings is 1. The van der Waals surface area contributed by atoms with Crippen molar-refractivity contribution in [2.24, 2.45) is 0 Å². The van der Waals surface area contributed by atoms with Gasteiger partial charge in [0.15, 0.2) is 5.89 Å². The first kappa shape index (κ1) is 13.2. The van der Waals surface area contributed by atoms with Crippen molar-refractivity contribution in [2.75, 3.05) is 7.05 Å². The molecule has 0 aliphatic rings. The molecule has 0 bridgehead atoms. The molecule has 0 radical (unpaired) electrons. The highest BCUT2D eigenvalue weighted by Crippen LogP contribution is 2.20. The van der Waals surface area contributed by atoms with Crippen LogP contribution in [0.1, 0.15) is 42.1 Å². The van der Waals surface area contributed by atoms with Gasteiger partial charge in [0.1, 0.15) is 6.26 Å². The van der Waals surface area contributed by atoms with E-state index in [1.165, 1.54) is 5.01 Å². The van der Waals surface area contributed by atoms with Crippen LogP contribution in [0.25, 0.3) is 0 Å². The molecule has 0 unspecified atom stereocenters. The van der Waals surface area contributed by atoms with Crippen molar-refractivity contribution in [3.05, 3.63) is 33.9 Å². The smallest absolute Gasteiger partial charge is 0.191 e. The summed E-state index contributed by atoms with van der Waals surface area (Å²) in [4.78, 5) is 11.1. The van der Waals surface area contributed by atoms with Gasteiger partial charge in [0.2, 0.25) is 0 Å². The van der Waals surface area contributed by atoms with Crippen LogP contribution in [0, 0.1) is 6.92 Å². The molecule has 0 fully saturated rings. The van der Waals surface area contributed by atoms with Crippen LogP contribution in [0.3, 0.4) is 0 Å². The lowest BCUT2D eigenvalue weighted by Gasteiger charge is -2.12. The predicted octanol–water partition coefficient (Wildman–Crippen LogP) is 3.19. The lowest BCUT2D eigenvalue weighted by Crippen LogP contribution is -2.17. The first-order valence-corrected chi connectivity index (χ1v) is 6.96. The highest BCUT2D eigenvalue weighted by molar-refractivity contribution is 7.09. The lowest BCUT2D eigenvalue weighted by molar-refractivity contribution is 0.311. The third kappa shape index (κ3) is 3.40. The number of aryl methyl sites for hydroxylation is 1. The first-order chi connectivity index (χ1) is 8.54. The van der Waals surface area contributed by atoms with Crippen molar-refractivity contribution in [1.29, 1.82) is 0 Å². The van der Waals surface area contributed by atoms with Crippen molar-refractivity contribution >= 4 is 11.3 Å². The second kappa shape index (κ2) is 5.63. The number of rotatable bonds is 5. The molecule has 98 valence electrons. The minimum atomic E-state index is 0.507. The molecule has 0 aliphatic carbocycles. The molecule has 0 aromatic carbocycles. The van der Waals surface area contributed by atoms with Crippen LogP contribution in [0.4, 0.5) is 0 Å². The summed E-state index contributed by atoms with van der Waals surface area (Å²) in [6, 6.07) is 0. The zero-order chi connectivity index (χ0) is 13.1. The van der Waals surface area contributed by atoms with Gasteiger partial charge in [-0.05, 0) is 7.05 Å². The van der Waals surface area contributed by atoms with Gasteiger partial charge in [0.05, 0.1) is 16.4 Å². The van der Waals surface area contributed by atoms with Crippen LogP contribution in [0.15, 0.2) is 16.1 Å². The Balaban J connectivity index is 1.92. The average Bonchev–Trinajstić information content (AvgIpc) is 2.88. The number of nitrogens with zero attached hydrogens (tertiary/aromatic N) is 3. The lowest BCUT2D eigenvalue weighted by atomic mass is 10.2. The van der Waals surface area contributed by atoms with E-state index in [0.717, 1.165) is 24.5 Å². The molecular weight excluding hydrogens is 246 g/mol. The monoisotopic (exact) mass is 265 g/mol. The standard InChI is InChI=1S/C13H19N3OS/c1-9(2)13-15-12(8-18-13)6-16(4)5-11-7-17-10(3)14-11/h7-9H,5-6H2,1-4H3. The zero-order valence-electron chi connectivity index (χ0n) is 11.3. The molecule has 2 aromatic rings. The maximum Gasteiger partial charge on any atom is 0.191 e. The summed E-state index contributed by atoms with van der Waals surface area (Å²) in [5.74, 6) is 1.22. The zero-order valence-corrected chi connectivity index (χ0v) is 12.1. The molecule has 0 amide bonds. The third-order valence-electron chi connectivity index (χ3n) is 2.59. The number of hydrogen-bond acceptors (Lipinski definition) is 5. The number of hydrogen-bond donors (Lipinski definition) is 0. The summed E-state index contributed by atoms with van der Waals surface area (Å²) in [5, 5.41) is 3.34. The summed E-state index contributed by atoms with van der Waals surface area (Å²) in [5.41, 5.74) is 2.10. The molecule has 5 heteroatoms. The Labute approximate surface area is 112 Å². The van der Waals surface area contributed by atoms with Gasteiger partial charge in [-0.15, -0.1) is 11.3 Å². The van der Waals surface area contributed by atoms with E-state index >= 15 is 0 Å². The predicted molar refractivity (Wildman–Crippen MR) is 72.6 cm³/mol. The van der Waals surface area contributed by atoms with Crippen molar-refractivity contribution in [3.8, 4) is 0 Å². The molecule has 4 nitrogen and oxygen atoms in total. The van der Waals surface area contributed by atoms with Crippen LogP contribution in [0.5, 0.6) is 0 Å². The highest BCUT2D eigenvalue weighted by atomic mass is 32.1. The maximum absolute atomic E-state index is 5.20. The fraction of sp³-hybridized carbons (Fsp3) is 0.538. The second-order valence-corrected chi connectivity index (χ2v) is 5.75. The number of oxazole rings is 1. The van der Waals surface area contributed by atoms with E-state index in [-0.39, 0.29) is 0 Å². The second-order valence-electron chi connectivity index (χ2n) is 4.86. The molecule has 0 spiro atoms. The Hall–Kier alpha value is -1.20. The molecule has 0 saturated carbocycles. The van der Waals surface area contributed by atoms with E-state index in [4.69, 9.17) is 4.42 Å². The molecular formula is C13H19N3OS. The van der Waals surface area contributed by atoms with E-state index in [9.17, 15) is 0 Å². The molecule has 0 saturated heterocycles. The van der Waals surface area contributed by atoms with E-state index < -0.39 is 0 Å². The molecule has 0 N–H and O–H groups in total. The van der Waals surface area contributed by atoms with E-state index in [1.807, 2.05) is 6.92 Å². The molecule has 2 aromatic heterocycles. The molecule has 18 heavy (non-hydrogen) atoms. The largest absolute Gasteiger partial charge is 0.449 e. The Morgan fingerprint density at radius 1 is 1.28 bits per heavy atom. The first-order valence-electron chi connectivity index (χ1n) is 6.08. The van der Waals surface area contributed by atoms with Crippen LogP contribution >= 0.6 is 11.3 Å². The minimum Gasteiger partial charge on any atom is -0.449 e. The van der Waals surface area contributed by atoms with Gasteiger partial charge < -0.3 is 4.42 Å². The average molecular weight is 265 g/mol. The van der Waals surface area contributed by atoms with E-state index in [2.05, 4.69) is 41.1 Å². The van der Waals surface area contributed by atoms with Crippen molar-refractivity contribution in [3.63, 3.8) is 0 Å². The summed E-state index contributed by atoms with van der Waals surface area (Å²) in [7, 11) is 2.07. The summed E-state index contributed by atoms with van der Waals surface area (Å²) < 4.78 is 5.20. The molecule has 0 aliphatic heterocycles. The topological polar surface area (TPSA) is 42.2 Å². The van der Waals surface area contributed by atoms with Gasteiger partial charge >= 0.3 is 0 Å². The minimum absolute atomic E-state index is 0.507. The summed E-state index contributed by atoms with van der Waals surface area (Å²) in [6.45, 7) is 7.83. The fourth-order valence-electron chi connectivity index (χ4n) is 1.75. The molecule has 0 atom stereocenters. The summed E-state index contributed by atoms with van der Waals surface area (Å²) >= 11 is 1.74. The van der Waals surface area contributed by atoms with Gasteiger partial charge in [-0.25, -0.2) is 9.97 Å². The van der Waals surface area contributed by atoms with Crippen LogP contribution in [-0.4, -0.2) is 21.9 Å². The van der Waals surface area contributed by atoms with Gasteiger partial charge in [-0.2, -0.15) is 0 Å². The third-order valence-corrected chi connectivity index (χ3v) is 3.79. The van der Waals surface area contributed by atoms with Gasteiger partial charge in [0.25, 0.3) is 0 Å². The quantitative estimate of drug-likeness (QED) is 0.832. The Bertz CT molecular complexity index is 504. The van der Waals surface area contributed by atoms with Crippen molar-refractivity contribution in [2.45, 2.75) is 39.8 Å². The number of aromatic nitrogens is 2. The van der Waals surface area contributed by atoms with Crippen LogP contribution < -0.4 is 0 Å². The summed E-state index contributed by atoms with van der Waals surface area (Å²) in [6.07, 6.45) is 1.71. The van der Waals surface area contributed by atoms with Crippen LogP contribution in [0.2, 0.25) is 0 Å². The van der Waals surface area contributed by atoms with Gasteiger partial charge in [-0.3, -0.25) is 4.90 Å². The SMILES string of the molecule is Cc1nc(CN(C)Cc2csc(C(C)C)n2)co1. The fourth-order valence-corrected chi connectivity index (χ4v) is 2.58. The normalized spacial score (nSPS) is 11.7.